The fourth-order valence-electron chi connectivity index (χ4n) is 2.25. The summed E-state index contributed by atoms with van der Waals surface area (Å²) in [6.45, 7) is 1.74. The molecule has 2 rings (SSSR count). The van der Waals surface area contributed by atoms with E-state index in [0.717, 1.165) is 18.5 Å². The zero-order valence-electron chi connectivity index (χ0n) is 10.5. The quantitative estimate of drug-likeness (QED) is 0.750. The van der Waals surface area contributed by atoms with Crippen LogP contribution in [0.3, 0.4) is 0 Å². The Bertz CT molecular complexity index is 401. The first-order valence-electron chi connectivity index (χ1n) is 6.52. The summed E-state index contributed by atoms with van der Waals surface area (Å²) in [5, 5.41) is 15.6. The lowest BCUT2D eigenvalue weighted by molar-refractivity contribution is -0.120. The zero-order valence-corrected chi connectivity index (χ0v) is 10.5. The van der Waals surface area contributed by atoms with Gasteiger partial charge in [-0.2, -0.15) is 0 Å². The van der Waals surface area contributed by atoms with Crippen LogP contribution in [0.1, 0.15) is 24.8 Å². The maximum absolute atomic E-state index is 11.7. The first-order chi connectivity index (χ1) is 8.74. The van der Waals surface area contributed by atoms with Gasteiger partial charge in [0.15, 0.2) is 0 Å². The number of phenolic OH excluding ortho intramolecular Hbond substituents is 1. The fourth-order valence-corrected chi connectivity index (χ4v) is 2.25. The van der Waals surface area contributed by atoms with Gasteiger partial charge in [-0.05, 0) is 37.1 Å². The molecular weight excluding hydrogens is 228 g/mol. The largest absolute Gasteiger partial charge is 0.508 e. The number of hydrogen-bond acceptors (Lipinski definition) is 3. The van der Waals surface area contributed by atoms with Crippen LogP contribution in [0, 0.1) is 0 Å². The van der Waals surface area contributed by atoms with Crippen LogP contribution in [0.2, 0.25) is 0 Å². The molecule has 1 heterocycles. The maximum atomic E-state index is 11.7. The average Bonchev–Trinajstić information content (AvgIpc) is 2.38. The Labute approximate surface area is 107 Å². The minimum atomic E-state index is 0.00738. The van der Waals surface area contributed by atoms with E-state index in [0.29, 0.717) is 19.0 Å². The number of carbonyl (C=O) groups is 1. The number of nitrogens with one attached hydrogen (secondary N) is 2. The minimum Gasteiger partial charge on any atom is -0.508 e. The molecule has 1 saturated heterocycles. The van der Waals surface area contributed by atoms with Crippen molar-refractivity contribution < 1.29 is 9.90 Å². The summed E-state index contributed by atoms with van der Waals surface area (Å²) < 4.78 is 0. The van der Waals surface area contributed by atoms with Crippen molar-refractivity contribution in [3.8, 4) is 5.75 Å². The maximum Gasteiger partial charge on any atom is 0.224 e. The molecule has 4 heteroatoms. The van der Waals surface area contributed by atoms with Crippen LogP contribution in [-0.4, -0.2) is 30.1 Å². The lowest BCUT2D eigenvalue weighted by Crippen LogP contribution is -2.43. The normalized spacial score (nSPS) is 19.4. The van der Waals surface area contributed by atoms with Gasteiger partial charge in [0.05, 0.1) is 6.42 Å². The predicted octanol–water partition coefficient (Wildman–Crippen LogP) is 1.19. The monoisotopic (exact) mass is 248 g/mol. The molecule has 18 heavy (non-hydrogen) atoms. The fraction of sp³-hybridized carbons (Fsp3) is 0.500. The highest BCUT2D eigenvalue weighted by atomic mass is 16.3. The molecule has 0 aromatic heterocycles. The van der Waals surface area contributed by atoms with Gasteiger partial charge in [0.2, 0.25) is 5.91 Å². The SMILES string of the molecule is O=C(Cc1cccc(O)c1)NCC1CCCCN1. The van der Waals surface area contributed by atoms with Gasteiger partial charge in [-0.1, -0.05) is 18.6 Å². The Kier molecular flexibility index (Phi) is 4.59. The molecule has 1 amide bonds. The first-order valence-corrected chi connectivity index (χ1v) is 6.52. The summed E-state index contributed by atoms with van der Waals surface area (Å²) in [5.41, 5.74) is 0.837. The average molecular weight is 248 g/mol. The van der Waals surface area contributed by atoms with E-state index < -0.39 is 0 Å². The number of hydrogen-bond donors (Lipinski definition) is 3. The van der Waals surface area contributed by atoms with Crippen molar-refractivity contribution in [2.24, 2.45) is 0 Å². The third-order valence-corrected chi connectivity index (χ3v) is 3.23. The zero-order chi connectivity index (χ0) is 12.8. The standard InChI is InChI=1S/C14H20N2O2/c17-13-6-3-4-11(8-13)9-14(18)16-10-12-5-1-2-7-15-12/h3-4,6,8,12,15,17H,1-2,5,7,9-10H2,(H,16,18). The van der Waals surface area contributed by atoms with Gasteiger partial charge in [-0.25, -0.2) is 0 Å². The highest BCUT2D eigenvalue weighted by Crippen LogP contribution is 2.11. The molecule has 1 aliphatic rings. The molecular formula is C14H20N2O2. The molecule has 0 aliphatic carbocycles. The van der Waals surface area contributed by atoms with Crippen LogP contribution in [0.5, 0.6) is 5.75 Å². The summed E-state index contributed by atoms with van der Waals surface area (Å²) in [4.78, 5) is 11.7. The topological polar surface area (TPSA) is 61.4 Å². The van der Waals surface area contributed by atoms with Crippen molar-refractivity contribution in [1.29, 1.82) is 0 Å². The summed E-state index contributed by atoms with van der Waals surface area (Å²) in [7, 11) is 0. The Hall–Kier alpha value is -1.55. The van der Waals surface area contributed by atoms with Gasteiger partial charge >= 0.3 is 0 Å². The molecule has 1 aromatic rings. The number of amides is 1. The number of benzene rings is 1. The Morgan fingerprint density at radius 3 is 3.06 bits per heavy atom. The van der Waals surface area contributed by atoms with E-state index in [1.165, 1.54) is 12.8 Å². The van der Waals surface area contributed by atoms with Gasteiger partial charge in [0.25, 0.3) is 0 Å². The summed E-state index contributed by atoms with van der Waals surface area (Å²) in [6, 6.07) is 7.23. The molecule has 1 fully saturated rings. The van der Waals surface area contributed by atoms with Crippen LogP contribution in [-0.2, 0) is 11.2 Å². The van der Waals surface area contributed by atoms with Gasteiger partial charge in [-0.3, -0.25) is 4.79 Å². The molecule has 0 spiro atoms. The van der Waals surface area contributed by atoms with E-state index in [9.17, 15) is 9.90 Å². The Morgan fingerprint density at radius 1 is 1.44 bits per heavy atom. The number of piperidine rings is 1. The molecule has 0 saturated carbocycles. The minimum absolute atomic E-state index is 0.00738. The van der Waals surface area contributed by atoms with Crippen LogP contribution >= 0.6 is 0 Å². The smallest absolute Gasteiger partial charge is 0.224 e. The molecule has 1 aromatic carbocycles. The van der Waals surface area contributed by atoms with Crippen LogP contribution in [0.15, 0.2) is 24.3 Å². The molecule has 0 radical (unpaired) electrons. The second-order valence-electron chi connectivity index (χ2n) is 4.80. The molecule has 1 atom stereocenters. The Balaban J connectivity index is 1.74. The molecule has 1 unspecified atom stereocenters. The van der Waals surface area contributed by atoms with Gasteiger partial charge < -0.3 is 15.7 Å². The van der Waals surface area contributed by atoms with Crippen LogP contribution in [0.25, 0.3) is 0 Å². The Morgan fingerprint density at radius 2 is 2.33 bits per heavy atom. The van der Waals surface area contributed by atoms with Crippen molar-refractivity contribution in [2.45, 2.75) is 31.7 Å². The lowest BCUT2D eigenvalue weighted by Gasteiger charge is -2.23. The summed E-state index contributed by atoms with van der Waals surface area (Å²) in [5.74, 6) is 0.210. The molecule has 98 valence electrons. The van der Waals surface area contributed by atoms with E-state index in [4.69, 9.17) is 0 Å². The van der Waals surface area contributed by atoms with Crippen LogP contribution < -0.4 is 10.6 Å². The van der Waals surface area contributed by atoms with E-state index in [1.54, 1.807) is 18.2 Å². The van der Waals surface area contributed by atoms with E-state index in [2.05, 4.69) is 10.6 Å². The molecule has 1 aliphatic heterocycles. The van der Waals surface area contributed by atoms with Gasteiger partial charge in [0, 0.05) is 12.6 Å². The van der Waals surface area contributed by atoms with Crippen molar-refractivity contribution in [1.82, 2.24) is 10.6 Å². The predicted molar refractivity (Wildman–Crippen MR) is 70.5 cm³/mol. The second-order valence-corrected chi connectivity index (χ2v) is 4.80. The number of rotatable bonds is 4. The number of phenols is 1. The third kappa shape index (κ3) is 4.04. The second kappa shape index (κ2) is 6.40. The molecule has 3 N–H and O–H groups in total. The van der Waals surface area contributed by atoms with E-state index >= 15 is 0 Å². The summed E-state index contributed by atoms with van der Waals surface area (Å²) in [6.07, 6.45) is 3.92. The van der Waals surface area contributed by atoms with Crippen LogP contribution in [0.4, 0.5) is 0 Å². The van der Waals surface area contributed by atoms with E-state index in [-0.39, 0.29) is 11.7 Å². The van der Waals surface area contributed by atoms with Gasteiger partial charge in [-0.15, -0.1) is 0 Å². The number of carbonyl (C=O) groups excluding carboxylic acids is 1. The highest BCUT2D eigenvalue weighted by Gasteiger charge is 2.13. The lowest BCUT2D eigenvalue weighted by atomic mass is 10.0. The molecule has 4 nitrogen and oxygen atoms in total. The first kappa shape index (κ1) is 12.9. The van der Waals surface area contributed by atoms with Crippen molar-refractivity contribution in [3.05, 3.63) is 29.8 Å². The molecule has 0 bridgehead atoms. The number of aromatic hydroxyl groups is 1. The van der Waals surface area contributed by atoms with E-state index in [1.807, 2.05) is 6.07 Å². The third-order valence-electron chi connectivity index (χ3n) is 3.23. The van der Waals surface area contributed by atoms with Crippen molar-refractivity contribution in [2.75, 3.05) is 13.1 Å². The highest BCUT2D eigenvalue weighted by molar-refractivity contribution is 5.78. The summed E-state index contributed by atoms with van der Waals surface area (Å²) >= 11 is 0. The van der Waals surface area contributed by atoms with Crippen molar-refractivity contribution in [3.63, 3.8) is 0 Å². The van der Waals surface area contributed by atoms with Gasteiger partial charge in [0.1, 0.15) is 5.75 Å². The van der Waals surface area contributed by atoms with Crippen molar-refractivity contribution >= 4 is 5.91 Å².